The van der Waals surface area contributed by atoms with Gasteiger partial charge in [0.15, 0.2) is 20.8 Å². The van der Waals surface area contributed by atoms with E-state index in [-0.39, 0.29) is 46.5 Å². The number of para-hydroxylation sites is 1. The van der Waals surface area contributed by atoms with Crippen molar-refractivity contribution in [2.45, 2.75) is 13.3 Å². The van der Waals surface area contributed by atoms with Gasteiger partial charge in [-0.25, -0.2) is 8.42 Å². The molecule has 1 aliphatic rings. The minimum absolute atomic E-state index is 0.0898. The minimum Gasteiger partial charge on any atom is -0.455 e. The Morgan fingerprint density at radius 2 is 1.90 bits per heavy atom. The van der Waals surface area contributed by atoms with Gasteiger partial charge in [-0.15, -0.1) is 0 Å². The maximum absolute atomic E-state index is 12.9. The predicted octanol–water partition coefficient (Wildman–Crippen LogP) is 2.93. The van der Waals surface area contributed by atoms with Gasteiger partial charge in [0.1, 0.15) is 5.76 Å². The molecule has 1 amide bonds. The molecule has 7 heteroatoms. The second-order valence-electron chi connectivity index (χ2n) is 7.41. The fraction of sp³-hybridized carbons (Fsp3) is 0.273. The monoisotopic (exact) mass is 411 g/mol. The quantitative estimate of drug-likeness (QED) is 0.712. The first-order valence-electron chi connectivity index (χ1n) is 9.46. The highest BCUT2D eigenvalue weighted by Crippen LogP contribution is 2.27. The van der Waals surface area contributed by atoms with Crippen molar-refractivity contribution < 1.29 is 17.6 Å². The van der Waals surface area contributed by atoms with Crippen LogP contribution in [0.2, 0.25) is 0 Å². The fourth-order valence-electron chi connectivity index (χ4n) is 3.72. The van der Waals surface area contributed by atoms with Crippen LogP contribution in [0.5, 0.6) is 0 Å². The smallest absolute Gasteiger partial charge is 0.255 e. The van der Waals surface area contributed by atoms with Crippen molar-refractivity contribution >= 4 is 26.7 Å². The lowest BCUT2D eigenvalue weighted by Crippen LogP contribution is -2.30. The van der Waals surface area contributed by atoms with E-state index in [2.05, 4.69) is 5.32 Å². The summed E-state index contributed by atoms with van der Waals surface area (Å²) in [5, 5.41) is 3.14. The second-order valence-corrected chi connectivity index (χ2v) is 9.64. The number of carbonyl (C=O) groups excluding carboxylic acids is 1. The van der Waals surface area contributed by atoms with E-state index in [4.69, 9.17) is 4.42 Å². The molecular formula is C22H21NO5S. The fourth-order valence-corrected chi connectivity index (χ4v) is 5.58. The first-order valence-corrected chi connectivity index (χ1v) is 11.3. The Morgan fingerprint density at radius 3 is 2.59 bits per heavy atom. The predicted molar refractivity (Wildman–Crippen MR) is 112 cm³/mol. The maximum Gasteiger partial charge on any atom is 0.255 e. The lowest BCUT2D eigenvalue weighted by molar-refractivity contribution is 0.0949. The Morgan fingerprint density at radius 1 is 1.14 bits per heavy atom. The van der Waals surface area contributed by atoms with E-state index in [1.165, 1.54) is 0 Å². The van der Waals surface area contributed by atoms with Gasteiger partial charge in [0.2, 0.25) is 0 Å². The third-order valence-electron chi connectivity index (χ3n) is 5.30. The van der Waals surface area contributed by atoms with E-state index < -0.39 is 9.84 Å². The van der Waals surface area contributed by atoms with Crippen molar-refractivity contribution in [1.29, 1.82) is 0 Å². The van der Waals surface area contributed by atoms with E-state index >= 15 is 0 Å². The number of sulfone groups is 1. The first-order chi connectivity index (χ1) is 13.9. The van der Waals surface area contributed by atoms with E-state index in [9.17, 15) is 18.0 Å². The summed E-state index contributed by atoms with van der Waals surface area (Å²) in [5.41, 5.74) is 1.56. The standard InChI is InChI=1S/C22H21NO5S/c1-14-19(24)17-8-5-9-18(21(17)28-20(14)16-6-3-2-4-7-16)22(25)23-12-15-10-11-29(26,27)13-15/h2-9,15H,10-13H2,1H3,(H,23,25)/t15-/m0/s1. The summed E-state index contributed by atoms with van der Waals surface area (Å²) in [5.74, 6) is 0.218. The van der Waals surface area contributed by atoms with Crippen LogP contribution in [0.25, 0.3) is 22.3 Å². The number of hydrogen-bond acceptors (Lipinski definition) is 5. The molecule has 3 aromatic rings. The van der Waals surface area contributed by atoms with E-state index in [0.717, 1.165) is 5.56 Å². The first kappa shape index (κ1) is 19.4. The van der Waals surface area contributed by atoms with Gasteiger partial charge >= 0.3 is 0 Å². The highest BCUT2D eigenvalue weighted by Gasteiger charge is 2.28. The van der Waals surface area contributed by atoms with Gasteiger partial charge in [-0.3, -0.25) is 9.59 Å². The average Bonchev–Trinajstić information content (AvgIpc) is 3.07. The van der Waals surface area contributed by atoms with Gasteiger partial charge in [0.05, 0.1) is 22.5 Å². The Labute approximate surface area is 168 Å². The largest absolute Gasteiger partial charge is 0.455 e. The molecule has 6 nitrogen and oxygen atoms in total. The molecular weight excluding hydrogens is 390 g/mol. The summed E-state index contributed by atoms with van der Waals surface area (Å²) >= 11 is 0. The molecule has 4 rings (SSSR count). The zero-order chi connectivity index (χ0) is 20.6. The molecule has 1 aliphatic heterocycles. The van der Waals surface area contributed by atoms with Gasteiger partial charge in [-0.1, -0.05) is 36.4 Å². The number of benzene rings is 2. The highest BCUT2D eigenvalue weighted by molar-refractivity contribution is 7.91. The summed E-state index contributed by atoms with van der Waals surface area (Å²) in [7, 11) is -3.00. The van der Waals surface area contributed by atoms with Crippen LogP contribution in [-0.2, 0) is 9.84 Å². The van der Waals surface area contributed by atoms with Crippen molar-refractivity contribution in [2.75, 3.05) is 18.1 Å². The van der Waals surface area contributed by atoms with Gasteiger partial charge in [-0.05, 0) is 31.4 Å². The number of rotatable bonds is 4. The summed E-state index contributed by atoms with van der Waals surface area (Å²) in [6, 6.07) is 14.2. The summed E-state index contributed by atoms with van der Waals surface area (Å²) < 4.78 is 29.3. The molecule has 1 saturated heterocycles. The van der Waals surface area contributed by atoms with Gasteiger partial charge in [-0.2, -0.15) is 0 Å². The lowest BCUT2D eigenvalue weighted by atomic mass is 10.0. The van der Waals surface area contributed by atoms with E-state index in [1.54, 1.807) is 25.1 Å². The molecule has 0 bridgehead atoms. The summed E-state index contributed by atoms with van der Waals surface area (Å²) in [6.45, 7) is 1.98. The Kier molecular flexibility index (Phi) is 5.00. The van der Waals surface area contributed by atoms with Crippen LogP contribution < -0.4 is 10.7 Å². The molecule has 29 heavy (non-hydrogen) atoms. The molecule has 0 saturated carbocycles. The van der Waals surface area contributed by atoms with Crippen LogP contribution in [0.3, 0.4) is 0 Å². The molecule has 2 aromatic carbocycles. The van der Waals surface area contributed by atoms with Crippen molar-refractivity contribution in [3.8, 4) is 11.3 Å². The van der Waals surface area contributed by atoms with Crippen molar-refractivity contribution in [3.05, 3.63) is 69.9 Å². The van der Waals surface area contributed by atoms with Crippen molar-refractivity contribution in [3.63, 3.8) is 0 Å². The molecule has 0 radical (unpaired) electrons. The van der Waals surface area contributed by atoms with Gasteiger partial charge < -0.3 is 9.73 Å². The molecule has 0 unspecified atom stereocenters. The Bertz CT molecular complexity index is 1250. The number of carbonyl (C=O) groups is 1. The number of nitrogens with one attached hydrogen (secondary N) is 1. The second kappa shape index (κ2) is 7.48. The third kappa shape index (κ3) is 3.82. The molecule has 1 N–H and O–H groups in total. The van der Waals surface area contributed by atoms with Crippen LogP contribution in [0, 0.1) is 12.8 Å². The molecule has 0 spiro atoms. The molecule has 1 fully saturated rings. The average molecular weight is 411 g/mol. The maximum atomic E-state index is 12.9. The van der Waals surface area contributed by atoms with Crippen LogP contribution in [0.1, 0.15) is 22.3 Å². The zero-order valence-electron chi connectivity index (χ0n) is 16.0. The van der Waals surface area contributed by atoms with Crippen LogP contribution >= 0.6 is 0 Å². The lowest BCUT2D eigenvalue weighted by Gasteiger charge is -2.12. The molecule has 0 aliphatic carbocycles. The van der Waals surface area contributed by atoms with Gasteiger partial charge in [0, 0.05) is 17.7 Å². The highest BCUT2D eigenvalue weighted by atomic mass is 32.2. The Balaban J connectivity index is 1.70. The van der Waals surface area contributed by atoms with Crippen molar-refractivity contribution in [2.24, 2.45) is 5.92 Å². The van der Waals surface area contributed by atoms with Crippen molar-refractivity contribution in [1.82, 2.24) is 5.32 Å². The Hall–Kier alpha value is -2.93. The zero-order valence-corrected chi connectivity index (χ0v) is 16.8. The third-order valence-corrected chi connectivity index (χ3v) is 7.14. The minimum atomic E-state index is -3.00. The molecule has 2 heterocycles. The van der Waals surface area contributed by atoms with E-state index in [0.29, 0.717) is 23.1 Å². The molecule has 1 atom stereocenters. The van der Waals surface area contributed by atoms with E-state index in [1.807, 2.05) is 30.3 Å². The number of hydrogen-bond donors (Lipinski definition) is 1. The molecule has 150 valence electrons. The van der Waals surface area contributed by atoms with Gasteiger partial charge in [0.25, 0.3) is 5.91 Å². The van der Waals surface area contributed by atoms with Crippen LogP contribution in [0.4, 0.5) is 0 Å². The van der Waals surface area contributed by atoms with Crippen LogP contribution in [0.15, 0.2) is 57.7 Å². The number of amides is 1. The molecule has 1 aromatic heterocycles. The number of fused-ring (bicyclic) bond motifs is 1. The SMILES string of the molecule is Cc1c(-c2ccccc2)oc2c(C(=O)NC[C@@H]3CCS(=O)(=O)C3)cccc2c1=O. The summed E-state index contributed by atoms with van der Waals surface area (Å²) in [4.78, 5) is 25.7. The topological polar surface area (TPSA) is 93.4 Å². The normalized spacial score (nSPS) is 18.0. The summed E-state index contributed by atoms with van der Waals surface area (Å²) in [6.07, 6.45) is 0.546. The van der Waals surface area contributed by atoms with Crippen LogP contribution in [-0.4, -0.2) is 32.4 Å².